The lowest BCUT2D eigenvalue weighted by Gasteiger charge is -2.25. The van der Waals surface area contributed by atoms with Gasteiger partial charge >= 0.3 is 0 Å². The van der Waals surface area contributed by atoms with Crippen LogP contribution in [0, 0.1) is 0 Å². The molecule has 158 valence electrons. The molecule has 2 amide bonds. The van der Waals surface area contributed by atoms with Crippen molar-refractivity contribution in [3.05, 3.63) is 88.4 Å². The monoisotopic (exact) mass is 495 g/mol. The second kappa shape index (κ2) is 9.16. The predicted molar refractivity (Wildman–Crippen MR) is 132 cm³/mol. The average molecular weight is 496 g/mol. The van der Waals surface area contributed by atoms with Gasteiger partial charge in [0.15, 0.2) is 0 Å². The maximum absolute atomic E-state index is 12.6. The van der Waals surface area contributed by atoms with Gasteiger partial charge in [0.1, 0.15) is 5.37 Å². The quantitative estimate of drug-likeness (QED) is 0.504. The molecule has 1 atom stereocenters. The zero-order chi connectivity index (χ0) is 22.0. The Kier molecular flexibility index (Phi) is 6.34. The lowest BCUT2D eigenvalue weighted by Crippen LogP contribution is -2.27. The van der Waals surface area contributed by atoms with Crippen molar-refractivity contribution in [1.82, 2.24) is 0 Å². The minimum atomic E-state index is -0.165. The highest BCUT2D eigenvalue weighted by atomic mass is 79.9. The van der Waals surface area contributed by atoms with E-state index in [1.165, 1.54) is 0 Å². The van der Waals surface area contributed by atoms with Gasteiger partial charge < -0.3 is 10.2 Å². The molecule has 3 aromatic rings. The highest BCUT2D eigenvalue weighted by Crippen LogP contribution is 2.42. The summed E-state index contributed by atoms with van der Waals surface area (Å²) in [6.07, 6.45) is 0. The molecule has 31 heavy (non-hydrogen) atoms. The SMILES string of the molecule is CN(C)c1ccc(N2C(=O)CSC2c2ccc(NC(=O)c3cccc(Br)c3)cc2)cc1. The summed E-state index contributed by atoms with van der Waals surface area (Å²) in [5.41, 5.74) is 4.29. The number of halogens is 1. The first-order chi connectivity index (χ1) is 14.9. The van der Waals surface area contributed by atoms with Crippen LogP contribution in [0.5, 0.6) is 0 Å². The van der Waals surface area contributed by atoms with E-state index in [4.69, 9.17) is 0 Å². The summed E-state index contributed by atoms with van der Waals surface area (Å²) in [4.78, 5) is 29.0. The molecule has 0 aliphatic carbocycles. The van der Waals surface area contributed by atoms with Gasteiger partial charge in [-0.3, -0.25) is 14.5 Å². The summed E-state index contributed by atoms with van der Waals surface area (Å²) < 4.78 is 0.858. The van der Waals surface area contributed by atoms with E-state index in [0.29, 0.717) is 17.0 Å². The van der Waals surface area contributed by atoms with Crippen LogP contribution in [0.3, 0.4) is 0 Å². The van der Waals surface area contributed by atoms with E-state index in [-0.39, 0.29) is 17.2 Å². The van der Waals surface area contributed by atoms with E-state index in [1.54, 1.807) is 23.9 Å². The minimum Gasteiger partial charge on any atom is -0.378 e. The fraction of sp³-hybridized carbons (Fsp3) is 0.167. The third-order valence-corrected chi connectivity index (χ3v) is 6.76. The Morgan fingerprint density at radius 3 is 2.42 bits per heavy atom. The number of rotatable bonds is 5. The summed E-state index contributed by atoms with van der Waals surface area (Å²) in [5.74, 6) is 0.378. The van der Waals surface area contributed by atoms with Crippen molar-refractivity contribution in [2.24, 2.45) is 0 Å². The van der Waals surface area contributed by atoms with Crippen LogP contribution in [-0.2, 0) is 4.79 Å². The predicted octanol–water partition coefficient (Wildman–Crippen LogP) is 5.55. The van der Waals surface area contributed by atoms with E-state index in [1.807, 2.05) is 84.6 Å². The van der Waals surface area contributed by atoms with Crippen molar-refractivity contribution in [1.29, 1.82) is 0 Å². The van der Waals surface area contributed by atoms with E-state index in [0.717, 1.165) is 21.4 Å². The van der Waals surface area contributed by atoms with Crippen molar-refractivity contribution in [2.75, 3.05) is 35.0 Å². The van der Waals surface area contributed by atoms with Gasteiger partial charge in [-0.2, -0.15) is 0 Å². The number of hydrogen-bond acceptors (Lipinski definition) is 4. The number of carbonyl (C=O) groups excluding carboxylic acids is 2. The number of hydrogen-bond donors (Lipinski definition) is 1. The summed E-state index contributed by atoms with van der Waals surface area (Å²) >= 11 is 5.00. The standard InChI is InChI=1S/C24H22BrN3O2S/c1-27(2)20-10-12-21(13-11-20)28-22(29)15-31-24(28)16-6-8-19(9-7-16)26-23(30)17-4-3-5-18(25)14-17/h3-14,24H,15H2,1-2H3,(H,26,30). The molecule has 1 aliphatic rings. The van der Waals surface area contributed by atoms with Crippen LogP contribution in [0.4, 0.5) is 17.1 Å². The second-order valence-electron chi connectivity index (χ2n) is 7.42. The van der Waals surface area contributed by atoms with Crippen molar-refractivity contribution >= 4 is 56.6 Å². The number of amides is 2. The molecule has 1 saturated heterocycles. The highest BCUT2D eigenvalue weighted by molar-refractivity contribution is 9.10. The Hall–Kier alpha value is -2.77. The van der Waals surface area contributed by atoms with Crippen molar-refractivity contribution in [2.45, 2.75) is 5.37 Å². The van der Waals surface area contributed by atoms with Crippen molar-refractivity contribution < 1.29 is 9.59 Å². The molecule has 1 aliphatic heterocycles. The molecule has 5 nitrogen and oxygen atoms in total. The van der Waals surface area contributed by atoms with E-state index in [2.05, 4.69) is 21.2 Å². The van der Waals surface area contributed by atoms with Crippen LogP contribution in [0.15, 0.2) is 77.3 Å². The fourth-order valence-electron chi connectivity index (χ4n) is 3.43. The lowest BCUT2D eigenvalue weighted by molar-refractivity contribution is -0.115. The zero-order valence-electron chi connectivity index (χ0n) is 17.2. The third-order valence-electron chi connectivity index (χ3n) is 5.05. The first-order valence-electron chi connectivity index (χ1n) is 9.80. The summed E-state index contributed by atoms with van der Waals surface area (Å²) in [7, 11) is 3.98. The first-order valence-corrected chi connectivity index (χ1v) is 11.6. The largest absolute Gasteiger partial charge is 0.378 e. The zero-order valence-corrected chi connectivity index (χ0v) is 19.6. The lowest BCUT2D eigenvalue weighted by atomic mass is 10.1. The maximum Gasteiger partial charge on any atom is 0.255 e. The number of thioether (sulfide) groups is 1. The molecule has 4 rings (SSSR count). The Bertz CT molecular complexity index is 1100. The maximum atomic E-state index is 12.6. The molecule has 7 heteroatoms. The Morgan fingerprint density at radius 2 is 1.77 bits per heavy atom. The van der Waals surface area contributed by atoms with E-state index in [9.17, 15) is 9.59 Å². The van der Waals surface area contributed by atoms with Crippen molar-refractivity contribution in [3.8, 4) is 0 Å². The van der Waals surface area contributed by atoms with Crippen LogP contribution in [-0.4, -0.2) is 31.7 Å². The fourth-order valence-corrected chi connectivity index (χ4v) is 5.00. The Labute approximate surface area is 194 Å². The molecule has 1 heterocycles. The van der Waals surface area contributed by atoms with Crippen LogP contribution in [0.2, 0.25) is 0 Å². The average Bonchev–Trinajstić information content (AvgIpc) is 3.15. The van der Waals surface area contributed by atoms with Gasteiger partial charge in [-0.05, 0) is 60.2 Å². The summed E-state index contributed by atoms with van der Waals surface area (Å²) in [6, 6.07) is 23.0. The van der Waals surface area contributed by atoms with Crippen LogP contribution in [0.25, 0.3) is 0 Å². The van der Waals surface area contributed by atoms with Crippen LogP contribution < -0.4 is 15.1 Å². The van der Waals surface area contributed by atoms with Gasteiger partial charge in [0, 0.05) is 41.2 Å². The molecule has 3 aromatic carbocycles. The van der Waals surface area contributed by atoms with E-state index < -0.39 is 0 Å². The number of nitrogens with zero attached hydrogens (tertiary/aromatic N) is 2. The van der Waals surface area contributed by atoms with Gasteiger partial charge in [-0.15, -0.1) is 11.8 Å². The Morgan fingerprint density at radius 1 is 1.06 bits per heavy atom. The third kappa shape index (κ3) is 4.78. The molecule has 0 saturated carbocycles. The molecular formula is C24H22BrN3O2S. The minimum absolute atomic E-state index is 0.0902. The first kappa shape index (κ1) is 21.5. The molecule has 1 unspecified atom stereocenters. The van der Waals surface area contributed by atoms with Gasteiger partial charge in [0.2, 0.25) is 5.91 Å². The number of anilines is 3. The molecule has 1 fully saturated rings. The summed E-state index contributed by atoms with van der Waals surface area (Å²) in [6.45, 7) is 0. The Balaban J connectivity index is 1.51. The van der Waals surface area contributed by atoms with Gasteiger partial charge in [0.25, 0.3) is 5.91 Å². The molecule has 0 aromatic heterocycles. The smallest absolute Gasteiger partial charge is 0.255 e. The van der Waals surface area contributed by atoms with E-state index >= 15 is 0 Å². The topological polar surface area (TPSA) is 52.6 Å². The molecule has 1 N–H and O–H groups in total. The highest BCUT2D eigenvalue weighted by Gasteiger charge is 2.34. The van der Waals surface area contributed by atoms with Gasteiger partial charge in [-0.25, -0.2) is 0 Å². The van der Waals surface area contributed by atoms with Gasteiger partial charge in [0.05, 0.1) is 5.75 Å². The molecular weight excluding hydrogens is 474 g/mol. The number of benzene rings is 3. The van der Waals surface area contributed by atoms with Crippen LogP contribution in [0.1, 0.15) is 21.3 Å². The molecule has 0 spiro atoms. The second-order valence-corrected chi connectivity index (χ2v) is 9.41. The van der Waals surface area contributed by atoms with Gasteiger partial charge in [-0.1, -0.05) is 34.1 Å². The number of nitrogens with one attached hydrogen (secondary N) is 1. The molecule has 0 bridgehead atoms. The summed E-state index contributed by atoms with van der Waals surface area (Å²) in [5, 5.41) is 2.83. The number of carbonyl (C=O) groups is 2. The van der Waals surface area contributed by atoms with Crippen molar-refractivity contribution in [3.63, 3.8) is 0 Å². The normalized spacial score (nSPS) is 15.8. The van der Waals surface area contributed by atoms with Crippen LogP contribution >= 0.6 is 27.7 Å². The molecule has 0 radical (unpaired) electrons.